The Morgan fingerprint density at radius 1 is 1.12 bits per heavy atom. The molecule has 2 nitrogen and oxygen atoms in total. The van der Waals surface area contributed by atoms with Crippen molar-refractivity contribution >= 4 is 11.0 Å². The Balaban J connectivity index is 2.65. The van der Waals surface area contributed by atoms with E-state index >= 15 is 0 Å². The summed E-state index contributed by atoms with van der Waals surface area (Å²) in [5.74, 6) is 1.76. The van der Waals surface area contributed by atoms with Crippen LogP contribution in [-0.2, 0) is 0 Å². The molecule has 2 atom stereocenters. The third-order valence-electron chi connectivity index (χ3n) is 3.71. The third-order valence-corrected chi connectivity index (χ3v) is 3.71. The third kappa shape index (κ3) is 2.08. The molecule has 2 heteroatoms. The van der Waals surface area contributed by atoms with Crippen LogP contribution in [-0.4, -0.2) is 9.55 Å². The van der Waals surface area contributed by atoms with E-state index in [0.717, 1.165) is 18.4 Å². The predicted molar refractivity (Wildman–Crippen MR) is 73.4 cm³/mol. The number of nitrogens with zero attached hydrogens (tertiary/aromatic N) is 2. The van der Waals surface area contributed by atoms with Crippen LogP contribution in [0.3, 0.4) is 0 Å². The van der Waals surface area contributed by atoms with Gasteiger partial charge in [0, 0.05) is 12.0 Å². The first kappa shape index (κ1) is 12.2. The summed E-state index contributed by atoms with van der Waals surface area (Å²) < 4.78 is 2.42. The molecule has 92 valence electrons. The summed E-state index contributed by atoms with van der Waals surface area (Å²) in [6, 6.07) is 8.98. The van der Waals surface area contributed by atoms with Crippen molar-refractivity contribution in [3.63, 3.8) is 0 Å². The lowest BCUT2D eigenvalue weighted by Gasteiger charge is -2.18. The summed E-state index contributed by atoms with van der Waals surface area (Å²) in [7, 11) is 0. The van der Waals surface area contributed by atoms with E-state index in [0.29, 0.717) is 12.0 Å². The van der Waals surface area contributed by atoms with Crippen LogP contribution in [0.1, 0.15) is 58.3 Å². The fourth-order valence-electron chi connectivity index (χ4n) is 2.24. The molecule has 0 saturated heterocycles. The normalized spacial score (nSPS) is 15.1. The Labute approximate surface area is 104 Å². The van der Waals surface area contributed by atoms with Crippen molar-refractivity contribution in [1.29, 1.82) is 0 Å². The number of para-hydroxylation sites is 2. The van der Waals surface area contributed by atoms with Gasteiger partial charge in [-0.25, -0.2) is 4.98 Å². The first-order chi connectivity index (χ1) is 8.19. The van der Waals surface area contributed by atoms with E-state index in [-0.39, 0.29) is 0 Å². The van der Waals surface area contributed by atoms with Crippen LogP contribution >= 0.6 is 0 Å². The smallest absolute Gasteiger partial charge is 0.112 e. The monoisotopic (exact) mass is 230 g/mol. The lowest BCUT2D eigenvalue weighted by atomic mass is 10.1. The van der Waals surface area contributed by atoms with Crippen molar-refractivity contribution in [3.8, 4) is 0 Å². The van der Waals surface area contributed by atoms with E-state index in [1.165, 1.54) is 11.3 Å². The van der Waals surface area contributed by atoms with E-state index in [1.54, 1.807) is 0 Å². The Kier molecular flexibility index (Phi) is 3.51. The van der Waals surface area contributed by atoms with Crippen molar-refractivity contribution in [2.45, 2.75) is 52.5 Å². The van der Waals surface area contributed by atoms with Gasteiger partial charge in [0.15, 0.2) is 0 Å². The van der Waals surface area contributed by atoms with Gasteiger partial charge in [-0.05, 0) is 31.9 Å². The molecule has 0 aliphatic rings. The van der Waals surface area contributed by atoms with Crippen molar-refractivity contribution in [3.05, 3.63) is 30.1 Å². The van der Waals surface area contributed by atoms with Crippen molar-refractivity contribution in [2.24, 2.45) is 0 Å². The van der Waals surface area contributed by atoms with Crippen molar-refractivity contribution in [2.75, 3.05) is 0 Å². The van der Waals surface area contributed by atoms with Gasteiger partial charge in [-0.15, -0.1) is 0 Å². The molecule has 1 aromatic carbocycles. The molecule has 0 aliphatic heterocycles. The highest BCUT2D eigenvalue weighted by molar-refractivity contribution is 5.76. The summed E-state index contributed by atoms with van der Waals surface area (Å²) >= 11 is 0. The summed E-state index contributed by atoms with van der Waals surface area (Å²) in [5.41, 5.74) is 2.40. The van der Waals surface area contributed by atoms with Crippen LogP contribution in [0.15, 0.2) is 24.3 Å². The second-order valence-electron chi connectivity index (χ2n) is 4.90. The molecule has 0 fully saturated rings. The molecule has 2 rings (SSSR count). The maximum atomic E-state index is 4.82. The Morgan fingerprint density at radius 3 is 2.47 bits per heavy atom. The second-order valence-corrected chi connectivity index (χ2v) is 4.90. The standard InChI is InChI=1S/C15H22N2/c1-5-11(3)15-16-13-9-7-8-10-14(13)17(15)12(4)6-2/h7-12H,5-6H2,1-4H3. The fourth-order valence-corrected chi connectivity index (χ4v) is 2.24. The number of hydrogen-bond donors (Lipinski definition) is 0. The Bertz CT molecular complexity index is 499. The number of imidazole rings is 1. The first-order valence-corrected chi connectivity index (χ1v) is 6.65. The molecule has 2 aromatic rings. The molecule has 0 amide bonds. The maximum absolute atomic E-state index is 4.82. The minimum Gasteiger partial charge on any atom is -0.325 e. The molecule has 0 spiro atoms. The molecule has 0 bridgehead atoms. The predicted octanol–water partition coefficient (Wildman–Crippen LogP) is 4.52. The number of benzene rings is 1. The van der Waals surface area contributed by atoms with Crippen molar-refractivity contribution < 1.29 is 0 Å². The van der Waals surface area contributed by atoms with Gasteiger partial charge in [0.2, 0.25) is 0 Å². The second kappa shape index (κ2) is 4.91. The minimum absolute atomic E-state index is 0.520. The van der Waals surface area contributed by atoms with Crippen LogP contribution in [0.5, 0.6) is 0 Å². The molecule has 2 unspecified atom stereocenters. The van der Waals surface area contributed by atoms with Gasteiger partial charge < -0.3 is 4.57 Å². The van der Waals surface area contributed by atoms with E-state index < -0.39 is 0 Å². The van der Waals surface area contributed by atoms with Gasteiger partial charge in [0.25, 0.3) is 0 Å². The van der Waals surface area contributed by atoms with Crippen molar-refractivity contribution in [1.82, 2.24) is 9.55 Å². The van der Waals surface area contributed by atoms with Gasteiger partial charge in [0.1, 0.15) is 5.82 Å². The van der Waals surface area contributed by atoms with E-state index in [2.05, 4.69) is 56.5 Å². The van der Waals surface area contributed by atoms with Crippen LogP contribution in [0.25, 0.3) is 11.0 Å². The average molecular weight is 230 g/mol. The van der Waals surface area contributed by atoms with Crippen LogP contribution in [0, 0.1) is 0 Å². The van der Waals surface area contributed by atoms with E-state index in [1.807, 2.05) is 0 Å². The largest absolute Gasteiger partial charge is 0.325 e. The molecular weight excluding hydrogens is 208 g/mol. The average Bonchev–Trinajstić information content (AvgIpc) is 2.76. The first-order valence-electron chi connectivity index (χ1n) is 6.65. The highest BCUT2D eigenvalue weighted by atomic mass is 15.1. The molecule has 0 saturated carbocycles. The Morgan fingerprint density at radius 2 is 1.82 bits per heavy atom. The Hall–Kier alpha value is -1.31. The number of hydrogen-bond acceptors (Lipinski definition) is 1. The highest BCUT2D eigenvalue weighted by Gasteiger charge is 2.17. The SMILES string of the molecule is CCC(C)c1nc2ccccc2n1C(C)CC. The van der Waals surface area contributed by atoms with E-state index in [9.17, 15) is 0 Å². The van der Waals surface area contributed by atoms with Gasteiger partial charge >= 0.3 is 0 Å². The van der Waals surface area contributed by atoms with Gasteiger partial charge in [-0.1, -0.05) is 32.9 Å². The number of rotatable bonds is 4. The van der Waals surface area contributed by atoms with Crippen LogP contribution in [0.2, 0.25) is 0 Å². The lowest BCUT2D eigenvalue weighted by Crippen LogP contribution is -2.10. The van der Waals surface area contributed by atoms with Gasteiger partial charge in [-0.2, -0.15) is 0 Å². The summed E-state index contributed by atoms with van der Waals surface area (Å²) in [4.78, 5) is 4.82. The molecular formula is C15H22N2. The zero-order chi connectivity index (χ0) is 12.4. The maximum Gasteiger partial charge on any atom is 0.112 e. The van der Waals surface area contributed by atoms with E-state index in [4.69, 9.17) is 4.98 Å². The van der Waals surface area contributed by atoms with Gasteiger partial charge in [-0.3, -0.25) is 0 Å². The summed E-state index contributed by atoms with van der Waals surface area (Å²) in [6.07, 6.45) is 2.28. The highest BCUT2D eigenvalue weighted by Crippen LogP contribution is 2.28. The number of fused-ring (bicyclic) bond motifs is 1. The molecule has 1 heterocycles. The minimum atomic E-state index is 0.520. The lowest BCUT2D eigenvalue weighted by molar-refractivity contribution is 0.499. The van der Waals surface area contributed by atoms with Gasteiger partial charge in [0.05, 0.1) is 11.0 Å². The topological polar surface area (TPSA) is 17.8 Å². The fraction of sp³-hybridized carbons (Fsp3) is 0.533. The molecule has 17 heavy (non-hydrogen) atoms. The zero-order valence-corrected chi connectivity index (χ0v) is 11.3. The molecule has 0 radical (unpaired) electrons. The molecule has 0 N–H and O–H groups in total. The molecule has 0 aliphatic carbocycles. The van der Waals surface area contributed by atoms with Crippen LogP contribution < -0.4 is 0 Å². The molecule has 1 aromatic heterocycles. The van der Waals surface area contributed by atoms with Crippen LogP contribution in [0.4, 0.5) is 0 Å². The summed E-state index contributed by atoms with van der Waals surface area (Å²) in [5, 5.41) is 0. The summed E-state index contributed by atoms with van der Waals surface area (Å²) in [6.45, 7) is 9.00. The number of aromatic nitrogens is 2. The zero-order valence-electron chi connectivity index (χ0n) is 11.3. The quantitative estimate of drug-likeness (QED) is 0.755.